The zero-order chi connectivity index (χ0) is 26.1. The minimum atomic E-state index is -0.286. The second-order valence-electron chi connectivity index (χ2n) is 9.82. The number of amides is 2. The molecule has 8 nitrogen and oxygen atoms in total. The number of oxazole rings is 1. The molecule has 194 valence electrons. The summed E-state index contributed by atoms with van der Waals surface area (Å²) in [7, 11) is 0. The topological polar surface area (TPSA) is 89.0 Å². The van der Waals surface area contributed by atoms with Crippen LogP contribution in [0.2, 0.25) is 0 Å². The first-order valence-electron chi connectivity index (χ1n) is 13.0. The van der Waals surface area contributed by atoms with E-state index in [2.05, 4.69) is 17.1 Å². The van der Waals surface area contributed by atoms with E-state index >= 15 is 0 Å². The van der Waals surface area contributed by atoms with Crippen molar-refractivity contribution in [2.24, 2.45) is 0 Å². The van der Waals surface area contributed by atoms with Crippen LogP contribution in [0.25, 0.3) is 0 Å². The second-order valence-corrected chi connectivity index (χ2v) is 9.82. The Labute approximate surface area is 220 Å². The quantitative estimate of drug-likeness (QED) is 0.355. The molecule has 8 heteroatoms. The third-order valence-corrected chi connectivity index (χ3v) is 7.22. The highest BCUT2D eigenvalue weighted by Crippen LogP contribution is 2.38. The summed E-state index contributed by atoms with van der Waals surface area (Å²) in [6.45, 7) is 4.23. The Balaban J connectivity index is 1.26. The van der Waals surface area contributed by atoms with Gasteiger partial charge in [0.1, 0.15) is 12.0 Å². The van der Waals surface area contributed by atoms with Crippen molar-refractivity contribution in [2.45, 2.75) is 38.8 Å². The highest BCUT2D eigenvalue weighted by Gasteiger charge is 2.34. The van der Waals surface area contributed by atoms with E-state index < -0.39 is 0 Å². The number of fused-ring (bicyclic) bond motifs is 1. The number of aromatic nitrogens is 1. The van der Waals surface area contributed by atoms with Crippen LogP contribution in [0.3, 0.4) is 0 Å². The molecule has 2 aliphatic rings. The number of carbonyl (C=O) groups excluding carboxylic acids is 2. The maximum absolute atomic E-state index is 13.4. The van der Waals surface area contributed by atoms with Gasteiger partial charge in [0, 0.05) is 19.6 Å². The van der Waals surface area contributed by atoms with Gasteiger partial charge < -0.3 is 23.4 Å². The first-order valence-corrected chi connectivity index (χ1v) is 13.0. The van der Waals surface area contributed by atoms with Crippen molar-refractivity contribution >= 4 is 11.8 Å². The molecule has 0 N–H and O–H groups in total. The Morgan fingerprint density at radius 2 is 1.87 bits per heavy atom. The van der Waals surface area contributed by atoms with Gasteiger partial charge in [0.15, 0.2) is 18.1 Å². The summed E-state index contributed by atoms with van der Waals surface area (Å²) in [4.78, 5) is 34.0. The fraction of sp³-hybridized carbons (Fsp3) is 0.300. The molecule has 6 rings (SSSR count). The number of hydrogen-bond acceptors (Lipinski definition) is 6. The summed E-state index contributed by atoms with van der Waals surface area (Å²) in [5.74, 6) is 1.05. The fourth-order valence-electron chi connectivity index (χ4n) is 5.35. The van der Waals surface area contributed by atoms with Crippen LogP contribution in [-0.4, -0.2) is 46.2 Å². The summed E-state index contributed by atoms with van der Waals surface area (Å²) in [5.41, 5.74) is 4.64. The zero-order valence-electron chi connectivity index (χ0n) is 21.3. The number of rotatable bonds is 6. The average molecular weight is 512 g/mol. The summed E-state index contributed by atoms with van der Waals surface area (Å²) < 4.78 is 17.0. The molecule has 2 aromatic heterocycles. The average Bonchev–Trinajstić information content (AvgIpc) is 3.74. The van der Waals surface area contributed by atoms with Crippen LogP contribution >= 0.6 is 0 Å². The molecule has 2 amide bonds. The molecule has 1 saturated heterocycles. The van der Waals surface area contributed by atoms with E-state index in [1.54, 1.807) is 17.0 Å². The first-order chi connectivity index (χ1) is 18.6. The van der Waals surface area contributed by atoms with Gasteiger partial charge in [-0.25, -0.2) is 4.98 Å². The SMILES string of the molecule is Cc1cccc(C2c3cc(OCc4nc(C(=O)N5CCCC5)co4)ccc3CCN2C(=O)c2ccco2)c1. The van der Waals surface area contributed by atoms with Crippen LogP contribution in [0.15, 0.2) is 76.0 Å². The number of hydrogen-bond donors (Lipinski definition) is 0. The van der Waals surface area contributed by atoms with E-state index in [4.69, 9.17) is 13.6 Å². The summed E-state index contributed by atoms with van der Waals surface area (Å²) >= 11 is 0. The van der Waals surface area contributed by atoms with E-state index in [1.807, 2.05) is 42.2 Å². The Bertz CT molecular complexity index is 1450. The molecule has 38 heavy (non-hydrogen) atoms. The van der Waals surface area contributed by atoms with Gasteiger partial charge in [-0.1, -0.05) is 35.9 Å². The molecule has 0 spiro atoms. The summed E-state index contributed by atoms with van der Waals surface area (Å²) in [6.07, 6.45) is 5.69. The molecule has 0 radical (unpaired) electrons. The Morgan fingerprint density at radius 3 is 2.66 bits per heavy atom. The first kappa shape index (κ1) is 24.0. The van der Waals surface area contributed by atoms with Crippen LogP contribution in [0.5, 0.6) is 5.75 Å². The number of benzene rings is 2. The lowest BCUT2D eigenvalue weighted by Gasteiger charge is -2.37. The van der Waals surface area contributed by atoms with Crippen molar-refractivity contribution in [1.29, 1.82) is 0 Å². The zero-order valence-corrected chi connectivity index (χ0v) is 21.3. The molecule has 1 atom stereocenters. The lowest BCUT2D eigenvalue weighted by Crippen LogP contribution is -2.40. The monoisotopic (exact) mass is 511 g/mol. The maximum Gasteiger partial charge on any atom is 0.290 e. The molecule has 1 unspecified atom stereocenters. The van der Waals surface area contributed by atoms with Crippen LogP contribution in [0.1, 0.15) is 68.1 Å². The third kappa shape index (κ3) is 4.69. The lowest BCUT2D eigenvalue weighted by molar-refractivity contribution is 0.0661. The van der Waals surface area contributed by atoms with Crippen LogP contribution in [0, 0.1) is 6.92 Å². The van der Waals surface area contributed by atoms with Crippen molar-refractivity contribution in [2.75, 3.05) is 19.6 Å². The number of ether oxygens (including phenoxy) is 1. The van der Waals surface area contributed by atoms with Crippen molar-refractivity contribution in [3.63, 3.8) is 0 Å². The molecule has 4 heterocycles. The largest absolute Gasteiger partial charge is 0.484 e. The third-order valence-electron chi connectivity index (χ3n) is 7.22. The smallest absolute Gasteiger partial charge is 0.290 e. The predicted octanol–water partition coefficient (Wildman–Crippen LogP) is 5.18. The van der Waals surface area contributed by atoms with Crippen molar-refractivity contribution < 1.29 is 23.2 Å². The van der Waals surface area contributed by atoms with E-state index in [0.29, 0.717) is 29.6 Å². The molecule has 0 bridgehead atoms. The molecule has 1 fully saturated rings. The number of aryl methyl sites for hydroxylation is 1. The Morgan fingerprint density at radius 1 is 1.00 bits per heavy atom. The van der Waals surface area contributed by atoms with Gasteiger partial charge in [-0.2, -0.15) is 0 Å². The van der Waals surface area contributed by atoms with Crippen molar-refractivity contribution in [1.82, 2.24) is 14.8 Å². The summed E-state index contributed by atoms with van der Waals surface area (Å²) in [6, 6.07) is 17.3. The molecule has 2 aromatic carbocycles. The second kappa shape index (κ2) is 10.2. The van der Waals surface area contributed by atoms with Crippen LogP contribution < -0.4 is 4.74 Å². The molecule has 0 saturated carbocycles. The maximum atomic E-state index is 13.4. The van der Waals surface area contributed by atoms with Crippen LogP contribution in [0.4, 0.5) is 0 Å². The molecular weight excluding hydrogens is 482 g/mol. The fourth-order valence-corrected chi connectivity index (χ4v) is 5.35. The summed E-state index contributed by atoms with van der Waals surface area (Å²) in [5, 5.41) is 0. The predicted molar refractivity (Wildman–Crippen MR) is 139 cm³/mol. The van der Waals surface area contributed by atoms with Crippen molar-refractivity contribution in [3.8, 4) is 5.75 Å². The van der Waals surface area contributed by atoms with Gasteiger partial charge in [-0.3, -0.25) is 9.59 Å². The number of nitrogens with zero attached hydrogens (tertiary/aromatic N) is 3. The van der Waals surface area contributed by atoms with Gasteiger partial charge in [0.2, 0.25) is 5.89 Å². The number of likely N-dealkylation sites (tertiary alicyclic amines) is 1. The lowest BCUT2D eigenvalue weighted by atomic mass is 9.87. The van der Waals surface area contributed by atoms with Gasteiger partial charge in [0.05, 0.1) is 12.3 Å². The minimum Gasteiger partial charge on any atom is -0.484 e. The van der Waals surface area contributed by atoms with Gasteiger partial charge in [-0.05, 0) is 67.1 Å². The molecule has 4 aromatic rings. The molecular formula is C30H29N3O5. The van der Waals surface area contributed by atoms with Gasteiger partial charge in [-0.15, -0.1) is 0 Å². The van der Waals surface area contributed by atoms with E-state index in [9.17, 15) is 9.59 Å². The number of furan rings is 1. The van der Waals surface area contributed by atoms with Crippen molar-refractivity contribution in [3.05, 3.63) is 107 Å². The van der Waals surface area contributed by atoms with E-state index in [1.165, 1.54) is 18.1 Å². The normalized spacial score (nSPS) is 16.9. The molecule has 2 aliphatic heterocycles. The highest BCUT2D eigenvalue weighted by molar-refractivity contribution is 5.92. The van der Waals surface area contributed by atoms with Crippen LogP contribution in [-0.2, 0) is 13.0 Å². The Kier molecular flexibility index (Phi) is 6.45. The minimum absolute atomic E-state index is 0.0935. The highest BCUT2D eigenvalue weighted by atomic mass is 16.5. The number of carbonyl (C=O) groups is 2. The molecule has 0 aliphatic carbocycles. The van der Waals surface area contributed by atoms with E-state index in [-0.39, 0.29) is 24.5 Å². The van der Waals surface area contributed by atoms with Gasteiger partial charge in [0.25, 0.3) is 11.8 Å². The Hall–Kier alpha value is -4.33. The standard InChI is InChI=1S/C30H29N3O5/c1-20-6-4-7-22(16-20)28-24-17-23(10-9-21(24)11-14-33(28)30(35)26-8-5-15-36-26)37-19-27-31-25(18-38-27)29(34)32-12-2-3-13-32/h4-10,15-18,28H,2-3,11-14,19H2,1H3. The van der Waals surface area contributed by atoms with E-state index in [0.717, 1.165) is 49.0 Å². The van der Waals surface area contributed by atoms with Gasteiger partial charge >= 0.3 is 0 Å².